The van der Waals surface area contributed by atoms with Crippen molar-refractivity contribution in [1.29, 1.82) is 0 Å². The van der Waals surface area contributed by atoms with Crippen LogP contribution in [-0.4, -0.2) is 68.0 Å². The van der Waals surface area contributed by atoms with Gasteiger partial charge in [0.25, 0.3) is 0 Å². The number of rotatable bonds is 8. The van der Waals surface area contributed by atoms with Crippen molar-refractivity contribution in [2.24, 2.45) is 0 Å². The Hall–Kier alpha value is -1.44. The van der Waals surface area contributed by atoms with Crippen LogP contribution in [0.2, 0.25) is 0 Å². The van der Waals surface area contributed by atoms with E-state index in [1.165, 1.54) is 49.0 Å². The standard InChI is InChI=1S/C23H35N3O3S/c1-17(2)26(19-6-5-7-19)16-23(13-14-23)18-8-10-20(11-9-18)25-15-12-21(22(25)27)24(3)30(4,28)29/h8-11,17,19,21H,5-7,12-16H2,1-4H3. The van der Waals surface area contributed by atoms with Gasteiger partial charge in [-0.05, 0) is 63.6 Å². The van der Waals surface area contributed by atoms with Crippen molar-refractivity contribution in [3.8, 4) is 0 Å². The predicted molar refractivity (Wildman–Crippen MR) is 120 cm³/mol. The topological polar surface area (TPSA) is 60.9 Å². The Morgan fingerprint density at radius 3 is 2.23 bits per heavy atom. The average molecular weight is 434 g/mol. The highest BCUT2D eigenvalue weighted by molar-refractivity contribution is 7.88. The minimum atomic E-state index is -3.38. The highest BCUT2D eigenvalue weighted by Gasteiger charge is 2.47. The number of hydrogen-bond acceptors (Lipinski definition) is 4. The van der Waals surface area contributed by atoms with E-state index >= 15 is 0 Å². The van der Waals surface area contributed by atoms with Gasteiger partial charge in [0.15, 0.2) is 0 Å². The highest BCUT2D eigenvalue weighted by atomic mass is 32.2. The average Bonchev–Trinajstić information content (AvgIpc) is 3.33. The van der Waals surface area contributed by atoms with Crippen molar-refractivity contribution in [2.75, 3.05) is 31.3 Å². The molecule has 0 spiro atoms. The first-order valence-corrected chi connectivity index (χ1v) is 13.1. The van der Waals surface area contributed by atoms with Gasteiger partial charge in [-0.25, -0.2) is 8.42 Å². The number of sulfonamides is 1. The Bertz CT molecular complexity index is 889. The fourth-order valence-corrected chi connectivity index (χ4v) is 5.63. The first-order chi connectivity index (χ1) is 14.1. The van der Waals surface area contributed by atoms with Crippen LogP contribution in [0.25, 0.3) is 0 Å². The molecule has 0 radical (unpaired) electrons. The van der Waals surface area contributed by atoms with Crippen LogP contribution in [0.15, 0.2) is 24.3 Å². The van der Waals surface area contributed by atoms with Crippen molar-refractivity contribution in [1.82, 2.24) is 9.21 Å². The smallest absolute Gasteiger partial charge is 0.245 e. The SMILES string of the molecule is CC(C)N(CC1(c2ccc(N3CCC(N(C)S(C)(=O)=O)C3=O)cc2)CC1)C1CCC1. The van der Waals surface area contributed by atoms with E-state index in [4.69, 9.17) is 0 Å². The lowest BCUT2D eigenvalue weighted by atomic mass is 9.87. The Morgan fingerprint density at radius 2 is 1.77 bits per heavy atom. The van der Waals surface area contributed by atoms with Crippen molar-refractivity contribution in [2.45, 2.75) is 75.9 Å². The normalized spacial score (nSPS) is 24.2. The largest absolute Gasteiger partial charge is 0.311 e. The van der Waals surface area contributed by atoms with E-state index in [-0.39, 0.29) is 11.3 Å². The van der Waals surface area contributed by atoms with Crippen LogP contribution < -0.4 is 4.90 Å². The van der Waals surface area contributed by atoms with Crippen molar-refractivity contribution >= 4 is 21.6 Å². The molecular formula is C23H35N3O3S. The molecule has 1 aromatic carbocycles. The molecule has 166 valence electrons. The summed E-state index contributed by atoms with van der Waals surface area (Å²) in [5.41, 5.74) is 2.49. The summed E-state index contributed by atoms with van der Waals surface area (Å²) in [5, 5.41) is 0. The second kappa shape index (κ2) is 7.92. The number of carbonyl (C=O) groups is 1. The predicted octanol–water partition coefficient (Wildman–Crippen LogP) is 2.98. The lowest BCUT2D eigenvalue weighted by Gasteiger charge is -2.42. The van der Waals surface area contributed by atoms with Gasteiger partial charge in [0.05, 0.1) is 6.26 Å². The number of amides is 1. The van der Waals surface area contributed by atoms with E-state index in [9.17, 15) is 13.2 Å². The van der Waals surface area contributed by atoms with Gasteiger partial charge in [-0.1, -0.05) is 18.6 Å². The number of carbonyl (C=O) groups excluding carboxylic acids is 1. The maximum atomic E-state index is 12.8. The molecule has 4 rings (SSSR count). The number of hydrogen-bond donors (Lipinski definition) is 0. The van der Waals surface area contributed by atoms with E-state index in [2.05, 4.69) is 30.9 Å². The van der Waals surface area contributed by atoms with Gasteiger partial charge in [-0.3, -0.25) is 9.69 Å². The van der Waals surface area contributed by atoms with Crippen molar-refractivity contribution in [3.05, 3.63) is 29.8 Å². The molecule has 1 saturated heterocycles. The molecular weight excluding hydrogens is 398 g/mol. The van der Waals surface area contributed by atoms with Crippen LogP contribution in [-0.2, 0) is 20.2 Å². The minimum absolute atomic E-state index is 0.132. The van der Waals surface area contributed by atoms with Gasteiger partial charge >= 0.3 is 0 Å². The zero-order valence-electron chi connectivity index (χ0n) is 18.7. The Balaban J connectivity index is 1.46. The van der Waals surface area contributed by atoms with E-state index in [1.54, 1.807) is 4.90 Å². The third kappa shape index (κ3) is 4.04. The van der Waals surface area contributed by atoms with E-state index in [1.807, 2.05) is 12.1 Å². The molecule has 1 aromatic rings. The molecule has 0 N–H and O–H groups in total. The Kier molecular flexibility index (Phi) is 5.75. The van der Waals surface area contributed by atoms with E-state index < -0.39 is 16.1 Å². The summed E-state index contributed by atoms with van der Waals surface area (Å²) in [6.07, 6.45) is 8.14. The van der Waals surface area contributed by atoms with Gasteiger partial charge in [-0.15, -0.1) is 0 Å². The molecule has 3 fully saturated rings. The summed E-state index contributed by atoms with van der Waals surface area (Å²) >= 11 is 0. The van der Waals surface area contributed by atoms with Crippen LogP contribution in [0.3, 0.4) is 0 Å². The summed E-state index contributed by atoms with van der Waals surface area (Å²) in [4.78, 5) is 17.3. The fourth-order valence-electron chi connectivity index (χ4n) is 4.97. The molecule has 2 aliphatic carbocycles. The monoisotopic (exact) mass is 433 g/mol. The zero-order chi connectivity index (χ0) is 21.7. The molecule has 1 heterocycles. The van der Waals surface area contributed by atoms with Crippen LogP contribution in [0, 0.1) is 0 Å². The first-order valence-electron chi connectivity index (χ1n) is 11.2. The third-order valence-electron chi connectivity index (χ3n) is 7.48. The molecule has 1 aliphatic heterocycles. The van der Waals surface area contributed by atoms with Gasteiger partial charge in [0.1, 0.15) is 6.04 Å². The number of nitrogens with zero attached hydrogens (tertiary/aromatic N) is 3. The number of anilines is 1. The maximum Gasteiger partial charge on any atom is 0.245 e. The summed E-state index contributed by atoms with van der Waals surface area (Å²) in [6, 6.07) is 9.16. The first kappa shape index (κ1) is 21.8. The molecule has 1 atom stereocenters. The highest BCUT2D eigenvalue weighted by Crippen LogP contribution is 2.50. The molecule has 1 amide bonds. The summed E-state index contributed by atoms with van der Waals surface area (Å²) in [6.45, 7) is 6.29. The molecule has 0 bridgehead atoms. The molecule has 3 aliphatic rings. The third-order valence-corrected chi connectivity index (χ3v) is 8.78. The molecule has 1 unspecified atom stereocenters. The van der Waals surface area contributed by atoms with Crippen LogP contribution in [0.1, 0.15) is 57.9 Å². The number of benzene rings is 1. The van der Waals surface area contributed by atoms with Crippen molar-refractivity contribution < 1.29 is 13.2 Å². The van der Waals surface area contributed by atoms with E-state index in [0.717, 1.165) is 24.5 Å². The summed E-state index contributed by atoms with van der Waals surface area (Å²) in [7, 11) is -1.89. The second-order valence-electron chi connectivity index (χ2n) is 9.75. The Labute approximate surface area is 181 Å². The van der Waals surface area contributed by atoms with Gasteiger partial charge in [0, 0.05) is 43.3 Å². The van der Waals surface area contributed by atoms with Gasteiger partial charge in [0.2, 0.25) is 15.9 Å². The quantitative estimate of drug-likeness (QED) is 0.632. The van der Waals surface area contributed by atoms with Gasteiger partial charge in [-0.2, -0.15) is 4.31 Å². The van der Waals surface area contributed by atoms with Crippen molar-refractivity contribution in [3.63, 3.8) is 0 Å². The van der Waals surface area contributed by atoms with E-state index in [0.29, 0.717) is 19.0 Å². The number of likely N-dealkylation sites (N-methyl/N-ethyl adjacent to an activating group) is 1. The minimum Gasteiger partial charge on any atom is -0.311 e. The lowest BCUT2D eigenvalue weighted by molar-refractivity contribution is -0.120. The maximum absolute atomic E-state index is 12.8. The summed E-state index contributed by atoms with van der Waals surface area (Å²) < 4.78 is 24.9. The molecule has 0 aromatic heterocycles. The zero-order valence-corrected chi connectivity index (χ0v) is 19.5. The summed E-state index contributed by atoms with van der Waals surface area (Å²) in [5.74, 6) is -0.132. The molecule has 2 saturated carbocycles. The second-order valence-corrected chi connectivity index (χ2v) is 11.8. The molecule has 30 heavy (non-hydrogen) atoms. The molecule has 6 nitrogen and oxygen atoms in total. The van der Waals surface area contributed by atoms with Crippen LogP contribution >= 0.6 is 0 Å². The fraction of sp³-hybridized carbons (Fsp3) is 0.696. The van der Waals surface area contributed by atoms with Gasteiger partial charge < -0.3 is 4.90 Å². The lowest BCUT2D eigenvalue weighted by Crippen LogP contribution is -2.47. The van der Waals surface area contributed by atoms with Crippen LogP contribution in [0.5, 0.6) is 0 Å². The molecule has 7 heteroatoms. The van der Waals surface area contributed by atoms with Crippen LogP contribution in [0.4, 0.5) is 5.69 Å². The Morgan fingerprint density at radius 1 is 1.13 bits per heavy atom.